The molecule has 2 aromatic rings. The average Bonchev–Trinajstić information content (AvgIpc) is 2.37. The van der Waals surface area contributed by atoms with Gasteiger partial charge in [-0.05, 0) is 37.3 Å². The van der Waals surface area contributed by atoms with Gasteiger partial charge in [-0.1, -0.05) is 15.9 Å². The summed E-state index contributed by atoms with van der Waals surface area (Å²) >= 11 is 3.21. The van der Waals surface area contributed by atoms with Crippen LogP contribution in [0.4, 0.5) is 5.69 Å². The molecule has 21 heavy (non-hydrogen) atoms. The van der Waals surface area contributed by atoms with Crippen molar-refractivity contribution in [2.45, 2.75) is 6.92 Å². The van der Waals surface area contributed by atoms with Crippen molar-refractivity contribution < 1.29 is 19.6 Å². The Balaban J connectivity index is 2.32. The largest absolute Gasteiger partial charge is 0.478 e. The Hall–Kier alpha value is -2.41. The lowest BCUT2D eigenvalue weighted by atomic mass is 10.2. The summed E-state index contributed by atoms with van der Waals surface area (Å²) < 4.78 is 6.12. The highest BCUT2D eigenvalue weighted by molar-refractivity contribution is 9.10. The van der Waals surface area contributed by atoms with Crippen molar-refractivity contribution >= 4 is 27.6 Å². The van der Waals surface area contributed by atoms with Crippen molar-refractivity contribution in [3.63, 3.8) is 0 Å². The molecule has 2 rings (SSSR count). The Bertz CT molecular complexity index is 729. The molecule has 0 saturated heterocycles. The molecule has 0 unspecified atom stereocenters. The average molecular weight is 352 g/mol. The first kappa shape index (κ1) is 15.0. The Kier molecular flexibility index (Phi) is 4.23. The van der Waals surface area contributed by atoms with E-state index < -0.39 is 10.9 Å². The number of aryl methyl sites for hydroxylation is 1. The van der Waals surface area contributed by atoms with Gasteiger partial charge in [0.1, 0.15) is 11.5 Å². The van der Waals surface area contributed by atoms with Gasteiger partial charge in [0.15, 0.2) is 0 Å². The first-order valence-corrected chi connectivity index (χ1v) is 6.63. The fraction of sp³-hybridized carbons (Fsp3) is 0.0714. The van der Waals surface area contributed by atoms with Gasteiger partial charge in [0.05, 0.1) is 10.5 Å². The molecule has 1 N–H and O–H groups in total. The van der Waals surface area contributed by atoms with Crippen LogP contribution in [-0.4, -0.2) is 16.0 Å². The van der Waals surface area contributed by atoms with Gasteiger partial charge in [-0.15, -0.1) is 0 Å². The monoisotopic (exact) mass is 351 g/mol. The predicted octanol–water partition coefficient (Wildman–Crippen LogP) is 4.16. The molecule has 6 nitrogen and oxygen atoms in total. The third-order valence-electron chi connectivity index (χ3n) is 2.72. The summed E-state index contributed by atoms with van der Waals surface area (Å²) in [4.78, 5) is 21.3. The minimum Gasteiger partial charge on any atom is -0.478 e. The van der Waals surface area contributed by atoms with Crippen LogP contribution in [0, 0.1) is 17.0 Å². The molecule has 0 amide bonds. The molecule has 0 spiro atoms. The Morgan fingerprint density at radius 2 is 1.95 bits per heavy atom. The van der Waals surface area contributed by atoms with Gasteiger partial charge in [-0.25, -0.2) is 4.79 Å². The molecule has 0 heterocycles. The van der Waals surface area contributed by atoms with Crippen LogP contribution >= 0.6 is 15.9 Å². The summed E-state index contributed by atoms with van der Waals surface area (Å²) in [7, 11) is 0. The molecule has 0 aliphatic carbocycles. The van der Waals surface area contributed by atoms with Crippen molar-refractivity contribution in [2.75, 3.05) is 0 Å². The molecule has 0 aliphatic rings. The number of carbonyl (C=O) groups is 1. The van der Waals surface area contributed by atoms with Gasteiger partial charge in [-0.2, -0.15) is 0 Å². The van der Waals surface area contributed by atoms with E-state index in [-0.39, 0.29) is 11.3 Å². The van der Waals surface area contributed by atoms with Crippen LogP contribution < -0.4 is 4.74 Å². The smallest absolute Gasteiger partial charge is 0.335 e. The van der Waals surface area contributed by atoms with Crippen LogP contribution in [0.25, 0.3) is 0 Å². The van der Waals surface area contributed by atoms with Gasteiger partial charge in [0.25, 0.3) is 5.69 Å². The summed E-state index contributed by atoms with van der Waals surface area (Å²) in [6.45, 7) is 1.61. The van der Waals surface area contributed by atoms with Gasteiger partial charge >= 0.3 is 5.97 Å². The number of carboxylic acids is 1. The number of rotatable bonds is 4. The van der Waals surface area contributed by atoms with Gasteiger partial charge in [0.2, 0.25) is 0 Å². The number of hydrogen-bond acceptors (Lipinski definition) is 4. The van der Waals surface area contributed by atoms with E-state index in [1.807, 2.05) is 0 Å². The summed E-state index contributed by atoms with van der Waals surface area (Å²) in [5.74, 6) is -0.344. The topological polar surface area (TPSA) is 89.7 Å². The van der Waals surface area contributed by atoms with E-state index in [2.05, 4.69) is 15.9 Å². The fourth-order valence-electron chi connectivity index (χ4n) is 1.78. The third kappa shape index (κ3) is 3.57. The molecule has 0 saturated carbocycles. The minimum absolute atomic E-state index is 0.00261. The van der Waals surface area contributed by atoms with E-state index in [0.717, 1.165) is 0 Å². The van der Waals surface area contributed by atoms with Crippen molar-refractivity contribution in [3.8, 4) is 11.5 Å². The molecular weight excluding hydrogens is 342 g/mol. The van der Waals surface area contributed by atoms with Crippen LogP contribution in [0.2, 0.25) is 0 Å². The predicted molar refractivity (Wildman–Crippen MR) is 79.0 cm³/mol. The maximum atomic E-state index is 11.0. The maximum Gasteiger partial charge on any atom is 0.335 e. The molecule has 2 aromatic carbocycles. The third-order valence-corrected chi connectivity index (χ3v) is 3.18. The number of ether oxygens (including phenoxy) is 1. The van der Waals surface area contributed by atoms with E-state index >= 15 is 0 Å². The second-order valence-electron chi connectivity index (χ2n) is 4.29. The molecule has 0 bridgehead atoms. The summed E-state index contributed by atoms with van der Waals surface area (Å²) in [5.41, 5.74) is 0.548. The Labute approximate surface area is 128 Å². The number of aromatic carboxylic acids is 1. The molecule has 108 valence electrons. The zero-order chi connectivity index (χ0) is 15.6. The van der Waals surface area contributed by atoms with Crippen LogP contribution in [-0.2, 0) is 0 Å². The first-order valence-electron chi connectivity index (χ1n) is 5.83. The maximum absolute atomic E-state index is 11.0. The van der Waals surface area contributed by atoms with Crippen LogP contribution in [0.3, 0.4) is 0 Å². The van der Waals surface area contributed by atoms with E-state index in [4.69, 9.17) is 9.84 Å². The van der Waals surface area contributed by atoms with Crippen LogP contribution in [0.5, 0.6) is 11.5 Å². The van der Waals surface area contributed by atoms with Crippen LogP contribution in [0.15, 0.2) is 40.9 Å². The molecule has 0 atom stereocenters. The first-order chi connectivity index (χ1) is 9.86. The van der Waals surface area contributed by atoms with E-state index in [9.17, 15) is 14.9 Å². The number of halogens is 1. The number of nitrogens with zero attached hydrogens (tertiary/aromatic N) is 1. The molecule has 0 aromatic heterocycles. The fourth-order valence-corrected chi connectivity index (χ4v) is 2.25. The van der Waals surface area contributed by atoms with Crippen molar-refractivity contribution in [2.24, 2.45) is 0 Å². The summed E-state index contributed by atoms with van der Waals surface area (Å²) in [5, 5.41) is 19.7. The summed E-state index contributed by atoms with van der Waals surface area (Å²) in [6, 6.07) is 8.79. The van der Waals surface area contributed by atoms with Gasteiger partial charge < -0.3 is 9.84 Å². The van der Waals surface area contributed by atoms with Gasteiger partial charge in [-0.3, -0.25) is 10.1 Å². The van der Waals surface area contributed by atoms with Crippen molar-refractivity contribution in [3.05, 3.63) is 62.1 Å². The molecular formula is C14H10BrNO5. The van der Waals surface area contributed by atoms with Crippen molar-refractivity contribution in [1.29, 1.82) is 0 Å². The van der Waals surface area contributed by atoms with Gasteiger partial charge in [0, 0.05) is 16.1 Å². The lowest BCUT2D eigenvalue weighted by Crippen LogP contribution is -1.97. The standard InChI is InChI=1S/C14H10BrNO5/c1-8-4-11(2-3-13(8)16(19)20)21-12-6-9(14(17)18)5-10(15)7-12/h2-7H,1H3,(H,17,18). The molecule has 7 heteroatoms. The number of hydrogen-bond donors (Lipinski definition) is 1. The minimum atomic E-state index is -1.07. The zero-order valence-corrected chi connectivity index (χ0v) is 12.5. The number of benzene rings is 2. The normalized spacial score (nSPS) is 10.2. The molecule has 0 aliphatic heterocycles. The Morgan fingerprint density at radius 3 is 2.52 bits per heavy atom. The van der Waals surface area contributed by atoms with Crippen LogP contribution in [0.1, 0.15) is 15.9 Å². The number of nitro groups is 1. The Morgan fingerprint density at radius 1 is 1.24 bits per heavy atom. The number of nitro benzene ring substituents is 1. The summed E-state index contributed by atoms with van der Waals surface area (Å²) in [6.07, 6.45) is 0. The van der Waals surface area contributed by atoms with E-state index in [0.29, 0.717) is 21.5 Å². The molecule has 0 fully saturated rings. The van der Waals surface area contributed by atoms with E-state index in [1.165, 1.54) is 30.3 Å². The highest BCUT2D eigenvalue weighted by Crippen LogP contribution is 2.29. The lowest BCUT2D eigenvalue weighted by molar-refractivity contribution is -0.385. The molecule has 0 radical (unpaired) electrons. The SMILES string of the molecule is Cc1cc(Oc2cc(Br)cc(C(=O)O)c2)ccc1[N+](=O)[O-]. The van der Waals surface area contributed by atoms with E-state index in [1.54, 1.807) is 13.0 Å². The zero-order valence-electron chi connectivity index (χ0n) is 10.9. The highest BCUT2D eigenvalue weighted by atomic mass is 79.9. The quantitative estimate of drug-likeness (QED) is 0.659. The lowest BCUT2D eigenvalue weighted by Gasteiger charge is -2.08. The highest BCUT2D eigenvalue weighted by Gasteiger charge is 2.12. The second kappa shape index (κ2) is 5.92. The second-order valence-corrected chi connectivity index (χ2v) is 5.20. The van der Waals surface area contributed by atoms with Crippen molar-refractivity contribution in [1.82, 2.24) is 0 Å². The number of carboxylic acid groups (broad SMARTS) is 1.